The maximum atomic E-state index is 12.7. The Morgan fingerprint density at radius 3 is 2.58 bits per heavy atom. The van der Waals surface area contributed by atoms with E-state index in [-0.39, 0.29) is 17.7 Å². The summed E-state index contributed by atoms with van der Waals surface area (Å²) in [5.74, 6) is -0.105. The predicted molar refractivity (Wildman–Crippen MR) is 106 cm³/mol. The Kier molecular flexibility index (Phi) is 6.16. The van der Waals surface area contributed by atoms with Crippen molar-refractivity contribution in [1.29, 1.82) is 0 Å². The molecule has 1 aliphatic heterocycles. The van der Waals surface area contributed by atoms with E-state index in [1.165, 1.54) is 0 Å². The number of amides is 2. The number of benzene rings is 1. The summed E-state index contributed by atoms with van der Waals surface area (Å²) in [5.41, 5.74) is 0.429. The van der Waals surface area contributed by atoms with Gasteiger partial charge in [-0.05, 0) is 59.1 Å². The number of hydrogen-bond donors (Lipinski definition) is 1. The maximum absolute atomic E-state index is 12.7. The molecule has 1 atom stereocenters. The SMILES string of the molecule is O=C(Nc1ccc(Br)cn1)C1CCCN(C(=O)c2cc(Cl)cc(Cl)c2)C1. The van der Waals surface area contributed by atoms with Crippen LogP contribution in [0.25, 0.3) is 0 Å². The Balaban J connectivity index is 1.67. The van der Waals surface area contributed by atoms with E-state index in [0.717, 1.165) is 17.3 Å². The van der Waals surface area contributed by atoms with Gasteiger partial charge in [0.1, 0.15) is 5.82 Å². The highest BCUT2D eigenvalue weighted by molar-refractivity contribution is 9.10. The van der Waals surface area contributed by atoms with Gasteiger partial charge in [0.2, 0.25) is 5.91 Å². The average molecular weight is 457 g/mol. The average Bonchev–Trinajstić information content (AvgIpc) is 2.62. The number of likely N-dealkylation sites (tertiary alicyclic amines) is 1. The van der Waals surface area contributed by atoms with Crippen LogP contribution >= 0.6 is 39.1 Å². The molecular formula is C18H16BrCl2N3O2. The number of hydrogen-bond acceptors (Lipinski definition) is 3. The van der Waals surface area contributed by atoms with Gasteiger partial charge in [-0.3, -0.25) is 9.59 Å². The number of carbonyl (C=O) groups is 2. The minimum absolute atomic E-state index is 0.138. The molecule has 0 spiro atoms. The molecule has 2 aromatic rings. The molecular weight excluding hydrogens is 441 g/mol. The zero-order chi connectivity index (χ0) is 18.7. The lowest BCUT2D eigenvalue weighted by molar-refractivity contribution is -0.121. The first-order chi connectivity index (χ1) is 12.4. The summed E-state index contributed by atoms with van der Waals surface area (Å²) in [6, 6.07) is 8.29. The van der Waals surface area contributed by atoms with Crippen LogP contribution in [-0.2, 0) is 4.79 Å². The van der Waals surface area contributed by atoms with Crippen LogP contribution in [0, 0.1) is 5.92 Å². The molecule has 3 rings (SSSR count). The van der Waals surface area contributed by atoms with E-state index in [4.69, 9.17) is 23.2 Å². The second-order valence-electron chi connectivity index (χ2n) is 6.10. The first kappa shape index (κ1) is 19.1. The van der Waals surface area contributed by atoms with Gasteiger partial charge in [0, 0.05) is 39.4 Å². The van der Waals surface area contributed by atoms with Crippen molar-refractivity contribution in [2.75, 3.05) is 18.4 Å². The number of anilines is 1. The molecule has 136 valence electrons. The summed E-state index contributed by atoms with van der Waals surface area (Å²) in [4.78, 5) is 31.1. The van der Waals surface area contributed by atoms with Crippen LogP contribution in [-0.4, -0.2) is 34.8 Å². The lowest BCUT2D eigenvalue weighted by Crippen LogP contribution is -2.43. The summed E-state index contributed by atoms with van der Waals surface area (Å²) < 4.78 is 0.838. The number of piperidine rings is 1. The van der Waals surface area contributed by atoms with E-state index < -0.39 is 0 Å². The van der Waals surface area contributed by atoms with Crippen LogP contribution in [0.4, 0.5) is 5.82 Å². The van der Waals surface area contributed by atoms with Crippen molar-refractivity contribution in [2.45, 2.75) is 12.8 Å². The second kappa shape index (κ2) is 8.37. The zero-order valence-corrected chi connectivity index (χ0v) is 16.8. The van der Waals surface area contributed by atoms with Gasteiger partial charge in [0.25, 0.3) is 5.91 Å². The van der Waals surface area contributed by atoms with E-state index >= 15 is 0 Å². The fraction of sp³-hybridized carbons (Fsp3) is 0.278. The van der Waals surface area contributed by atoms with Crippen molar-refractivity contribution in [1.82, 2.24) is 9.88 Å². The Labute approximate surface area is 169 Å². The molecule has 0 aliphatic carbocycles. The van der Waals surface area contributed by atoms with Crippen molar-refractivity contribution >= 4 is 56.8 Å². The van der Waals surface area contributed by atoms with Crippen LogP contribution < -0.4 is 5.32 Å². The largest absolute Gasteiger partial charge is 0.338 e. The van der Waals surface area contributed by atoms with Gasteiger partial charge >= 0.3 is 0 Å². The topological polar surface area (TPSA) is 62.3 Å². The molecule has 1 saturated heterocycles. The minimum atomic E-state index is -0.284. The third-order valence-electron chi connectivity index (χ3n) is 4.17. The molecule has 0 bridgehead atoms. The maximum Gasteiger partial charge on any atom is 0.253 e. The third kappa shape index (κ3) is 4.75. The number of rotatable bonds is 3. The molecule has 1 N–H and O–H groups in total. The fourth-order valence-corrected chi connectivity index (χ4v) is 3.67. The predicted octanol–water partition coefficient (Wildman–Crippen LogP) is 4.64. The Bertz CT molecular complexity index is 809. The highest BCUT2D eigenvalue weighted by Gasteiger charge is 2.29. The van der Waals surface area contributed by atoms with E-state index in [2.05, 4.69) is 26.2 Å². The van der Waals surface area contributed by atoms with Crippen LogP contribution in [0.5, 0.6) is 0 Å². The van der Waals surface area contributed by atoms with Gasteiger partial charge in [0.05, 0.1) is 5.92 Å². The highest BCUT2D eigenvalue weighted by Crippen LogP contribution is 2.24. The molecule has 2 heterocycles. The molecule has 1 fully saturated rings. The summed E-state index contributed by atoms with van der Waals surface area (Å²) >= 11 is 15.3. The van der Waals surface area contributed by atoms with Crippen molar-refractivity contribution in [3.8, 4) is 0 Å². The molecule has 0 saturated carbocycles. The van der Waals surface area contributed by atoms with Gasteiger partial charge in [-0.1, -0.05) is 23.2 Å². The summed E-state index contributed by atoms with van der Waals surface area (Å²) in [5, 5.41) is 3.63. The Morgan fingerprint density at radius 1 is 1.19 bits per heavy atom. The van der Waals surface area contributed by atoms with Gasteiger partial charge in [-0.25, -0.2) is 4.98 Å². The second-order valence-corrected chi connectivity index (χ2v) is 7.89. The first-order valence-corrected chi connectivity index (χ1v) is 9.65. The van der Waals surface area contributed by atoms with Crippen LogP contribution in [0.1, 0.15) is 23.2 Å². The van der Waals surface area contributed by atoms with E-state index in [0.29, 0.717) is 34.5 Å². The van der Waals surface area contributed by atoms with E-state index in [1.807, 2.05) is 6.07 Å². The lowest BCUT2D eigenvalue weighted by Gasteiger charge is -2.32. The third-order valence-corrected chi connectivity index (χ3v) is 5.07. The van der Waals surface area contributed by atoms with Crippen molar-refractivity contribution in [3.05, 3.63) is 56.6 Å². The molecule has 1 unspecified atom stereocenters. The van der Waals surface area contributed by atoms with Gasteiger partial charge in [-0.2, -0.15) is 0 Å². The lowest BCUT2D eigenvalue weighted by atomic mass is 9.96. The van der Waals surface area contributed by atoms with Crippen LogP contribution in [0.2, 0.25) is 10.0 Å². The molecule has 2 amide bonds. The number of carbonyl (C=O) groups excluding carboxylic acids is 2. The zero-order valence-electron chi connectivity index (χ0n) is 13.7. The smallest absolute Gasteiger partial charge is 0.253 e. The molecule has 26 heavy (non-hydrogen) atoms. The number of nitrogens with zero attached hydrogens (tertiary/aromatic N) is 2. The van der Waals surface area contributed by atoms with Crippen molar-refractivity contribution < 1.29 is 9.59 Å². The number of halogens is 3. The molecule has 5 nitrogen and oxygen atoms in total. The highest BCUT2D eigenvalue weighted by atomic mass is 79.9. The Morgan fingerprint density at radius 2 is 1.92 bits per heavy atom. The molecule has 0 radical (unpaired) electrons. The van der Waals surface area contributed by atoms with Gasteiger partial charge in [0.15, 0.2) is 0 Å². The molecule has 1 aliphatic rings. The van der Waals surface area contributed by atoms with Gasteiger partial charge in [-0.15, -0.1) is 0 Å². The summed E-state index contributed by atoms with van der Waals surface area (Å²) in [6.07, 6.45) is 3.10. The quantitative estimate of drug-likeness (QED) is 0.731. The summed E-state index contributed by atoms with van der Waals surface area (Å²) in [7, 11) is 0. The summed E-state index contributed by atoms with van der Waals surface area (Å²) in [6.45, 7) is 0.953. The van der Waals surface area contributed by atoms with E-state index in [9.17, 15) is 9.59 Å². The Hall–Kier alpha value is -1.63. The van der Waals surface area contributed by atoms with Crippen LogP contribution in [0.15, 0.2) is 41.0 Å². The monoisotopic (exact) mass is 455 g/mol. The van der Waals surface area contributed by atoms with Crippen molar-refractivity contribution in [2.24, 2.45) is 5.92 Å². The molecule has 8 heteroatoms. The first-order valence-electron chi connectivity index (χ1n) is 8.10. The van der Waals surface area contributed by atoms with Gasteiger partial charge < -0.3 is 10.2 Å². The number of pyridine rings is 1. The van der Waals surface area contributed by atoms with E-state index in [1.54, 1.807) is 35.4 Å². The fourth-order valence-electron chi connectivity index (χ4n) is 2.91. The van der Waals surface area contributed by atoms with Crippen LogP contribution in [0.3, 0.4) is 0 Å². The minimum Gasteiger partial charge on any atom is -0.338 e. The normalized spacial score (nSPS) is 17.0. The van der Waals surface area contributed by atoms with Crippen molar-refractivity contribution in [3.63, 3.8) is 0 Å². The number of aromatic nitrogens is 1. The standard InChI is InChI=1S/C18H16BrCl2N3O2/c19-13-3-4-16(22-9-13)23-17(25)11-2-1-5-24(10-11)18(26)12-6-14(20)8-15(21)7-12/h3-4,6-9,11H,1-2,5,10H2,(H,22,23,25). The molecule has 1 aromatic heterocycles. The number of nitrogens with one attached hydrogen (secondary N) is 1. The molecule has 1 aromatic carbocycles.